The quantitative estimate of drug-likeness (QED) is 0.643. The number of rotatable bonds is 5. The van der Waals surface area contributed by atoms with E-state index in [4.69, 9.17) is 4.74 Å². The van der Waals surface area contributed by atoms with Gasteiger partial charge in [0.15, 0.2) is 0 Å². The van der Waals surface area contributed by atoms with Crippen LogP contribution in [0, 0.1) is 6.92 Å². The predicted molar refractivity (Wildman–Crippen MR) is 133 cm³/mol. The molecule has 0 atom stereocenters. The fraction of sp³-hybridized carbons (Fsp3) is 0.444. The number of aromatic nitrogens is 1. The normalized spacial score (nSPS) is 18.1. The molecule has 33 heavy (non-hydrogen) atoms. The number of nitrogens with zero attached hydrogens (tertiary/aromatic N) is 3. The number of carbonyl (C=O) groups is 1. The first-order valence-corrected chi connectivity index (χ1v) is 12.1. The summed E-state index contributed by atoms with van der Waals surface area (Å²) in [5.74, 6) is 1.69. The Labute approximate surface area is 196 Å². The first kappa shape index (κ1) is 21.8. The lowest BCUT2D eigenvalue weighted by Crippen LogP contribution is -2.51. The minimum Gasteiger partial charge on any atom is -0.497 e. The predicted octanol–water partition coefficient (Wildman–Crippen LogP) is 4.01. The third-order valence-corrected chi connectivity index (χ3v) is 7.31. The third-order valence-electron chi connectivity index (χ3n) is 7.31. The Morgan fingerprint density at radius 3 is 2.55 bits per heavy atom. The number of ether oxygens (including phenoxy) is 1. The lowest BCUT2D eigenvalue weighted by molar-refractivity contribution is -0.133. The number of carbonyl (C=O) groups excluding carboxylic acids is 1. The Morgan fingerprint density at radius 1 is 1.03 bits per heavy atom. The van der Waals surface area contributed by atoms with Crippen LogP contribution in [-0.2, 0) is 4.79 Å². The maximum Gasteiger partial charge on any atom is 0.236 e. The van der Waals surface area contributed by atoms with E-state index in [1.807, 2.05) is 11.0 Å². The second-order valence-electron chi connectivity index (χ2n) is 9.41. The van der Waals surface area contributed by atoms with Crippen LogP contribution in [0.25, 0.3) is 10.9 Å². The molecule has 0 bridgehead atoms. The molecular formula is C27H34N4O2. The largest absolute Gasteiger partial charge is 0.497 e. The first-order chi connectivity index (χ1) is 16.1. The molecule has 2 aromatic carbocycles. The zero-order valence-electron chi connectivity index (χ0n) is 19.7. The van der Waals surface area contributed by atoms with E-state index in [0.29, 0.717) is 12.5 Å². The van der Waals surface area contributed by atoms with Crippen LogP contribution in [0.3, 0.4) is 0 Å². The molecule has 6 nitrogen and oxygen atoms in total. The van der Waals surface area contributed by atoms with E-state index in [9.17, 15) is 4.79 Å². The van der Waals surface area contributed by atoms with Gasteiger partial charge >= 0.3 is 0 Å². The summed E-state index contributed by atoms with van der Waals surface area (Å²) < 4.78 is 5.42. The fourth-order valence-corrected chi connectivity index (χ4v) is 5.32. The Kier molecular flexibility index (Phi) is 6.27. The van der Waals surface area contributed by atoms with Crippen molar-refractivity contribution in [3.63, 3.8) is 0 Å². The molecule has 3 aromatic rings. The molecular weight excluding hydrogens is 412 g/mol. The molecule has 1 aromatic heterocycles. The second-order valence-corrected chi connectivity index (χ2v) is 9.41. The molecule has 5 rings (SSSR count). The number of amides is 1. The Morgan fingerprint density at radius 2 is 1.82 bits per heavy atom. The van der Waals surface area contributed by atoms with Crippen molar-refractivity contribution < 1.29 is 9.53 Å². The van der Waals surface area contributed by atoms with Crippen molar-refractivity contribution in [2.45, 2.75) is 25.7 Å². The monoisotopic (exact) mass is 446 g/mol. The maximum absolute atomic E-state index is 13.0. The van der Waals surface area contributed by atoms with Gasteiger partial charge in [-0.1, -0.05) is 12.1 Å². The third kappa shape index (κ3) is 4.71. The van der Waals surface area contributed by atoms with E-state index in [-0.39, 0.29) is 5.91 Å². The number of methoxy groups -OCH3 is 1. The van der Waals surface area contributed by atoms with Crippen molar-refractivity contribution in [3.05, 3.63) is 59.8 Å². The Bertz CT molecular complexity index is 1110. The molecule has 0 spiro atoms. The van der Waals surface area contributed by atoms with Crippen LogP contribution in [0.5, 0.6) is 5.75 Å². The van der Waals surface area contributed by atoms with E-state index in [2.05, 4.69) is 64.3 Å². The van der Waals surface area contributed by atoms with Gasteiger partial charge in [-0.05, 0) is 80.2 Å². The first-order valence-electron chi connectivity index (χ1n) is 12.1. The molecule has 6 heteroatoms. The molecule has 0 unspecified atom stereocenters. The molecule has 0 aliphatic carbocycles. The highest BCUT2D eigenvalue weighted by Gasteiger charge is 2.27. The summed E-state index contributed by atoms with van der Waals surface area (Å²) >= 11 is 0. The number of nitrogens with one attached hydrogen (secondary N) is 1. The number of aromatic amines is 1. The maximum atomic E-state index is 13.0. The lowest BCUT2D eigenvalue weighted by atomic mass is 9.89. The molecule has 2 saturated heterocycles. The SMILES string of the molecule is COc1ccc2[nH]cc(C3CCN(CC(=O)N4CCN(c5cccc(C)c5)CC4)CC3)c2c1. The standard InChI is InChI=1S/C27H34N4O2/c1-20-4-3-5-22(16-20)30-12-14-31(15-13-30)27(32)19-29-10-8-21(9-11-29)25-18-28-26-7-6-23(33-2)17-24(25)26/h3-7,16-18,21,28H,8-15,19H2,1-2H3. The van der Waals surface area contributed by atoms with Crippen molar-refractivity contribution in [3.8, 4) is 5.75 Å². The number of anilines is 1. The van der Waals surface area contributed by atoms with Gasteiger partial charge in [-0.2, -0.15) is 0 Å². The van der Waals surface area contributed by atoms with Crippen LogP contribution in [0.1, 0.15) is 29.9 Å². The molecule has 1 amide bonds. The summed E-state index contributed by atoms with van der Waals surface area (Å²) in [7, 11) is 1.71. The molecule has 2 aliphatic heterocycles. The highest BCUT2D eigenvalue weighted by Crippen LogP contribution is 2.34. The fourth-order valence-electron chi connectivity index (χ4n) is 5.32. The smallest absolute Gasteiger partial charge is 0.236 e. The van der Waals surface area contributed by atoms with Gasteiger partial charge in [0.05, 0.1) is 13.7 Å². The molecule has 174 valence electrons. The molecule has 3 heterocycles. The highest BCUT2D eigenvalue weighted by molar-refractivity contribution is 5.85. The van der Waals surface area contributed by atoms with Gasteiger partial charge in [-0.3, -0.25) is 9.69 Å². The summed E-state index contributed by atoms with van der Waals surface area (Å²) in [5, 5.41) is 1.26. The van der Waals surface area contributed by atoms with Crippen molar-refractivity contribution in [2.75, 3.05) is 57.8 Å². The number of hydrogen-bond donors (Lipinski definition) is 1. The summed E-state index contributed by atoms with van der Waals surface area (Å²) in [6.45, 7) is 8.02. The van der Waals surface area contributed by atoms with Crippen LogP contribution in [0.15, 0.2) is 48.7 Å². The number of H-pyrrole nitrogens is 1. The Hall–Kier alpha value is -2.99. The van der Waals surface area contributed by atoms with Gasteiger partial charge in [-0.25, -0.2) is 0 Å². The minimum atomic E-state index is 0.272. The van der Waals surface area contributed by atoms with Crippen molar-refractivity contribution in [2.24, 2.45) is 0 Å². The highest BCUT2D eigenvalue weighted by atomic mass is 16.5. The van der Waals surface area contributed by atoms with E-state index in [1.54, 1.807) is 7.11 Å². The van der Waals surface area contributed by atoms with Gasteiger partial charge in [0, 0.05) is 49.0 Å². The number of hydrogen-bond acceptors (Lipinski definition) is 4. The van der Waals surface area contributed by atoms with Crippen LogP contribution >= 0.6 is 0 Å². The molecule has 0 radical (unpaired) electrons. The van der Waals surface area contributed by atoms with Crippen LogP contribution in [0.2, 0.25) is 0 Å². The van der Waals surface area contributed by atoms with Crippen LogP contribution in [-0.4, -0.2) is 73.6 Å². The van der Waals surface area contributed by atoms with E-state index in [1.165, 1.54) is 22.2 Å². The molecule has 1 N–H and O–H groups in total. The molecule has 2 aliphatic rings. The Balaban J connectivity index is 1.12. The number of aryl methyl sites for hydroxylation is 1. The number of piperidine rings is 1. The van der Waals surface area contributed by atoms with Gasteiger partial charge < -0.3 is 19.5 Å². The number of piperazine rings is 1. The van der Waals surface area contributed by atoms with Gasteiger partial charge in [0.1, 0.15) is 5.75 Å². The van der Waals surface area contributed by atoms with Crippen LogP contribution < -0.4 is 9.64 Å². The zero-order chi connectivity index (χ0) is 22.8. The van der Waals surface area contributed by atoms with E-state index in [0.717, 1.165) is 63.4 Å². The van der Waals surface area contributed by atoms with E-state index < -0.39 is 0 Å². The van der Waals surface area contributed by atoms with Crippen molar-refractivity contribution >= 4 is 22.5 Å². The lowest BCUT2D eigenvalue weighted by Gasteiger charge is -2.38. The van der Waals surface area contributed by atoms with Crippen molar-refractivity contribution in [1.82, 2.24) is 14.8 Å². The molecule has 2 fully saturated rings. The van der Waals surface area contributed by atoms with Gasteiger partial charge in [0.25, 0.3) is 0 Å². The van der Waals surface area contributed by atoms with E-state index >= 15 is 0 Å². The summed E-state index contributed by atoms with van der Waals surface area (Å²) in [4.78, 5) is 23.1. The van der Waals surface area contributed by atoms with Gasteiger partial charge in [-0.15, -0.1) is 0 Å². The summed E-state index contributed by atoms with van der Waals surface area (Å²) in [6, 6.07) is 14.8. The average Bonchev–Trinajstić information content (AvgIpc) is 3.28. The van der Waals surface area contributed by atoms with Crippen molar-refractivity contribution in [1.29, 1.82) is 0 Å². The number of benzene rings is 2. The number of fused-ring (bicyclic) bond motifs is 1. The van der Waals surface area contributed by atoms with Gasteiger partial charge in [0.2, 0.25) is 5.91 Å². The number of likely N-dealkylation sites (tertiary alicyclic amines) is 1. The summed E-state index contributed by atoms with van der Waals surface area (Å²) in [5.41, 5.74) is 5.08. The molecule has 0 saturated carbocycles. The second kappa shape index (κ2) is 9.48. The van der Waals surface area contributed by atoms with Crippen LogP contribution in [0.4, 0.5) is 5.69 Å². The topological polar surface area (TPSA) is 51.8 Å². The minimum absolute atomic E-state index is 0.272. The average molecular weight is 447 g/mol. The zero-order valence-corrected chi connectivity index (χ0v) is 19.7. The summed E-state index contributed by atoms with van der Waals surface area (Å²) in [6.07, 6.45) is 4.32.